The second-order valence-corrected chi connectivity index (χ2v) is 8.31. The van der Waals surface area contributed by atoms with E-state index in [0.717, 1.165) is 30.5 Å². The summed E-state index contributed by atoms with van der Waals surface area (Å²) in [6.45, 7) is 4.41. The van der Waals surface area contributed by atoms with E-state index >= 15 is 0 Å². The summed E-state index contributed by atoms with van der Waals surface area (Å²) in [7, 11) is 0. The van der Waals surface area contributed by atoms with E-state index in [1.54, 1.807) is 6.26 Å². The van der Waals surface area contributed by atoms with Crippen LogP contribution >= 0.6 is 0 Å². The summed E-state index contributed by atoms with van der Waals surface area (Å²) in [5, 5.41) is 0. The van der Waals surface area contributed by atoms with Crippen molar-refractivity contribution in [3.05, 3.63) is 24.2 Å². The van der Waals surface area contributed by atoms with E-state index in [0.29, 0.717) is 3.12 Å². The first-order valence-corrected chi connectivity index (χ1v) is 5.18. The number of hydrogen-bond donors (Lipinski definition) is 0. The molecule has 0 spiro atoms. The quantitative estimate of drug-likeness (QED) is 0.708. The zero-order valence-corrected chi connectivity index (χ0v) is 10.2. The van der Waals surface area contributed by atoms with E-state index in [4.69, 9.17) is 4.42 Å². The van der Waals surface area contributed by atoms with Crippen molar-refractivity contribution in [2.75, 3.05) is 0 Å². The summed E-state index contributed by atoms with van der Waals surface area (Å²) >= 11 is 0.939. The predicted octanol–water partition coefficient (Wildman–Crippen LogP) is 1.15. The SMILES string of the molecule is C[C](C)([BiH2])c1ccco1. The average molecular weight is 320 g/mol. The van der Waals surface area contributed by atoms with Gasteiger partial charge in [0.25, 0.3) is 0 Å². The van der Waals surface area contributed by atoms with Crippen molar-refractivity contribution in [2.45, 2.75) is 17.0 Å². The summed E-state index contributed by atoms with van der Waals surface area (Å²) in [6.07, 6.45) is 1.74. The van der Waals surface area contributed by atoms with Crippen LogP contribution in [0.15, 0.2) is 22.8 Å². The molecule has 9 heavy (non-hydrogen) atoms. The third-order valence-corrected chi connectivity index (χ3v) is 2.26. The topological polar surface area (TPSA) is 13.1 Å². The van der Waals surface area contributed by atoms with Crippen LogP contribution in [0.3, 0.4) is 0 Å². The zero-order chi connectivity index (χ0) is 6.91. The molecule has 0 atom stereocenters. The molecule has 0 aliphatic heterocycles. The van der Waals surface area contributed by atoms with Gasteiger partial charge in [-0.2, -0.15) is 0 Å². The predicted molar refractivity (Wildman–Crippen MR) is 40.3 cm³/mol. The van der Waals surface area contributed by atoms with Gasteiger partial charge in [0.15, 0.2) is 0 Å². The van der Waals surface area contributed by atoms with Gasteiger partial charge in [0.05, 0.1) is 0 Å². The Morgan fingerprint density at radius 1 is 1.56 bits per heavy atom. The minimum atomic E-state index is 0.323. The second kappa shape index (κ2) is 2.42. The molecule has 2 heteroatoms. The minimum absolute atomic E-state index is 0.323. The van der Waals surface area contributed by atoms with Gasteiger partial charge in [-0.05, 0) is 0 Å². The Morgan fingerprint density at radius 3 is 2.44 bits per heavy atom. The molecule has 0 unspecified atom stereocenters. The van der Waals surface area contributed by atoms with Crippen LogP contribution in [-0.4, -0.2) is 24.7 Å². The van der Waals surface area contributed by atoms with Crippen molar-refractivity contribution in [1.82, 2.24) is 0 Å². The Labute approximate surface area is 70.3 Å². The van der Waals surface area contributed by atoms with Crippen LogP contribution in [-0.2, 0) is 3.12 Å². The molecule has 0 fully saturated rings. The summed E-state index contributed by atoms with van der Waals surface area (Å²) in [4.78, 5) is 0. The van der Waals surface area contributed by atoms with Gasteiger partial charge in [-0.3, -0.25) is 0 Å². The molecule has 0 saturated heterocycles. The van der Waals surface area contributed by atoms with E-state index < -0.39 is 0 Å². The van der Waals surface area contributed by atoms with Crippen LogP contribution < -0.4 is 0 Å². The van der Waals surface area contributed by atoms with Crippen LogP contribution in [0.4, 0.5) is 0 Å². The molecule has 1 nitrogen and oxygen atoms in total. The zero-order valence-electron chi connectivity index (χ0n) is 5.72. The molecule has 1 heterocycles. The molecule has 0 aliphatic rings. The number of rotatable bonds is 1. The fourth-order valence-corrected chi connectivity index (χ4v) is 1.28. The molecule has 0 N–H and O–H groups in total. The maximum atomic E-state index is 5.24. The molecule has 50 valence electrons. The van der Waals surface area contributed by atoms with E-state index in [1.807, 2.05) is 12.1 Å². The van der Waals surface area contributed by atoms with Crippen molar-refractivity contribution in [3.8, 4) is 0 Å². The fraction of sp³-hybridized carbons (Fsp3) is 0.429. The standard InChI is InChI=1S/C7H9O.Bi.2H/c1-6(2)7-4-3-5-8-7;;;/h3-5H,1-2H3;;;. The van der Waals surface area contributed by atoms with Crippen LogP contribution in [0, 0.1) is 0 Å². The van der Waals surface area contributed by atoms with Gasteiger partial charge in [-0.25, -0.2) is 0 Å². The van der Waals surface area contributed by atoms with Crippen molar-refractivity contribution in [3.63, 3.8) is 0 Å². The van der Waals surface area contributed by atoms with Crippen LogP contribution in [0.2, 0.25) is 0 Å². The normalized spacial score (nSPS) is 11.9. The first kappa shape index (κ1) is 7.27. The van der Waals surface area contributed by atoms with Crippen molar-refractivity contribution >= 4 is 24.7 Å². The number of hydrogen-bond acceptors (Lipinski definition) is 1. The molecule has 1 aromatic heterocycles. The Hall–Kier alpha value is 0.163. The van der Waals surface area contributed by atoms with Crippen LogP contribution in [0.25, 0.3) is 0 Å². The summed E-state index contributed by atoms with van der Waals surface area (Å²) in [5.74, 6) is 1.12. The van der Waals surface area contributed by atoms with Gasteiger partial charge in [0, 0.05) is 0 Å². The Morgan fingerprint density at radius 2 is 2.22 bits per heavy atom. The van der Waals surface area contributed by atoms with Crippen LogP contribution in [0.1, 0.15) is 19.6 Å². The first-order chi connectivity index (χ1) is 4.11. The van der Waals surface area contributed by atoms with Crippen molar-refractivity contribution in [1.29, 1.82) is 0 Å². The molecule has 1 aromatic rings. The molecule has 0 bridgehead atoms. The van der Waals surface area contributed by atoms with Gasteiger partial charge in [-0.15, -0.1) is 0 Å². The number of furan rings is 1. The molecule has 0 radical (unpaired) electrons. The summed E-state index contributed by atoms with van der Waals surface area (Å²) in [5.41, 5.74) is 0. The summed E-state index contributed by atoms with van der Waals surface area (Å²) < 4.78 is 5.56. The second-order valence-electron chi connectivity index (χ2n) is 2.70. The van der Waals surface area contributed by atoms with Gasteiger partial charge in [0.2, 0.25) is 0 Å². The van der Waals surface area contributed by atoms with Crippen LogP contribution in [0.5, 0.6) is 0 Å². The Kier molecular flexibility index (Phi) is 1.95. The van der Waals surface area contributed by atoms with Gasteiger partial charge in [0.1, 0.15) is 0 Å². The third-order valence-electron chi connectivity index (χ3n) is 1.16. The molecule has 0 amide bonds. The van der Waals surface area contributed by atoms with Gasteiger partial charge < -0.3 is 0 Å². The fourth-order valence-electron chi connectivity index (χ4n) is 0.645. The Balaban J connectivity index is 2.90. The van der Waals surface area contributed by atoms with Gasteiger partial charge in [-0.1, -0.05) is 0 Å². The van der Waals surface area contributed by atoms with Crippen molar-refractivity contribution < 1.29 is 4.42 Å². The summed E-state index contributed by atoms with van der Waals surface area (Å²) in [6, 6.07) is 3.99. The van der Waals surface area contributed by atoms with E-state index in [2.05, 4.69) is 13.8 Å². The monoisotopic (exact) mass is 320 g/mol. The molecule has 0 saturated carbocycles. The van der Waals surface area contributed by atoms with Gasteiger partial charge >= 0.3 is 70.3 Å². The average Bonchev–Trinajstić information content (AvgIpc) is 2.08. The van der Waals surface area contributed by atoms with E-state index in [1.165, 1.54) is 0 Å². The molecule has 0 aromatic carbocycles. The molecule has 1 rings (SSSR count). The molecule has 0 aliphatic carbocycles. The first-order valence-electron chi connectivity index (χ1n) is 2.93. The maximum absolute atomic E-state index is 5.24. The molecular weight excluding hydrogens is 309 g/mol. The van der Waals surface area contributed by atoms with E-state index in [-0.39, 0.29) is 0 Å². The van der Waals surface area contributed by atoms with E-state index in [9.17, 15) is 0 Å². The molecular formula is C7H11BiO. The third kappa shape index (κ3) is 1.79. The Bertz CT molecular complexity index is 171. The van der Waals surface area contributed by atoms with Crippen molar-refractivity contribution in [2.24, 2.45) is 0 Å².